The van der Waals surface area contributed by atoms with Crippen LogP contribution in [0.15, 0.2) is 30.7 Å². The number of hydrogen-bond donors (Lipinski definition) is 3. The van der Waals surface area contributed by atoms with Crippen molar-refractivity contribution in [2.75, 3.05) is 7.11 Å². The molecular weight excluding hydrogens is 381 g/mol. The molecule has 146 valence electrons. The summed E-state index contributed by atoms with van der Waals surface area (Å²) in [6, 6.07) is 3.69. The Balaban J connectivity index is 0.00000169. The fourth-order valence-corrected chi connectivity index (χ4v) is 3.14. The number of aliphatic hydroxyl groups is 2. The van der Waals surface area contributed by atoms with Gasteiger partial charge in [-0.15, -0.1) is 29.9 Å². The van der Waals surface area contributed by atoms with E-state index in [1.54, 1.807) is 30.4 Å². The van der Waals surface area contributed by atoms with Crippen LogP contribution in [0, 0.1) is 5.92 Å². The summed E-state index contributed by atoms with van der Waals surface area (Å²) in [5.74, 6) is -0.0801. The minimum absolute atomic E-state index is 0. The van der Waals surface area contributed by atoms with Crippen LogP contribution in [0.2, 0.25) is 0 Å². The second kappa shape index (κ2) is 10.8. The van der Waals surface area contributed by atoms with Crippen molar-refractivity contribution >= 4 is 24.8 Å². The fourth-order valence-electron chi connectivity index (χ4n) is 3.14. The summed E-state index contributed by atoms with van der Waals surface area (Å²) in [6.45, 7) is 1.53. The summed E-state index contributed by atoms with van der Waals surface area (Å²) in [7, 11) is 1.61. The first-order valence-corrected chi connectivity index (χ1v) is 8.03. The number of ether oxygens (including phenoxy) is 1. The second-order valence-corrected chi connectivity index (χ2v) is 6.19. The molecule has 26 heavy (non-hydrogen) atoms. The van der Waals surface area contributed by atoms with E-state index in [0.717, 1.165) is 11.3 Å². The third kappa shape index (κ3) is 5.60. The van der Waals surface area contributed by atoms with Gasteiger partial charge in [-0.3, -0.25) is 9.67 Å². The molecule has 8 nitrogen and oxygen atoms in total. The summed E-state index contributed by atoms with van der Waals surface area (Å²) in [5.41, 5.74) is 1.79. The fraction of sp³-hybridized carbons (Fsp3) is 0.562. The lowest BCUT2D eigenvalue weighted by Crippen LogP contribution is -2.39. The van der Waals surface area contributed by atoms with Gasteiger partial charge >= 0.3 is 0 Å². The minimum Gasteiger partial charge on any atom is -0.390 e. The van der Waals surface area contributed by atoms with Crippen molar-refractivity contribution in [2.24, 2.45) is 5.92 Å². The topological polar surface area (TPSA) is 105 Å². The molecule has 0 aromatic carbocycles. The molecule has 0 amide bonds. The van der Waals surface area contributed by atoms with Crippen molar-refractivity contribution in [3.63, 3.8) is 0 Å². The first-order valence-electron chi connectivity index (χ1n) is 8.03. The maximum Gasteiger partial charge on any atom is 0.108 e. The van der Waals surface area contributed by atoms with Gasteiger partial charge in [0.1, 0.15) is 5.69 Å². The van der Waals surface area contributed by atoms with Crippen LogP contribution in [0.25, 0.3) is 0 Å². The van der Waals surface area contributed by atoms with Gasteiger partial charge < -0.3 is 20.3 Å². The third-order valence-corrected chi connectivity index (χ3v) is 4.39. The van der Waals surface area contributed by atoms with Crippen LogP contribution < -0.4 is 5.32 Å². The standard InChI is InChI=1S/C16H23N5O3.2ClH/c1-24-10-13-9-21(20-19-13)8-12-5-14(16(23)15(12)22)18-7-11-3-2-4-17-6-11;;/h2-4,6,9,12,14-16,18,22-23H,5,7-8,10H2,1H3;2*1H/t12-,14-,15-,16+;;/m1../s1. The van der Waals surface area contributed by atoms with Gasteiger partial charge in [0.2, 0.25) is 0 Å². The summed E-state index contributed by atoms with van der Waals surface area (Å²) < 4.78 is 6.71. The van der Waals surface area contributed by atoms with Gasteiger partial charge in [0, 0.05) is 44.6 Å². The zero-order valence-electron chi connectivity index (χ0n) is 14.4. The van der Waals surface area contributed by atoms with Crippen LogP contribution in [0.1, 0.15) is 17.7 Å². The smallest absolute Gasteiger partial charge is 0.108 e. The number of hydrogen-bond acceptors (Lipinski definition) is 7. The first-order chi connectivity index (χ1) is 11.7. The second-order valence-electron chi connectivity index (χ2n) is 6.19. The molecule has 0 spiro atoms. The van der Waals surface area contributed by atoms with Gasteiger partial charge in [-0.1, -0.05) is 11.3 Å². The van der Waals surface area contributed by atoms with Crippen molar-refractivity contribution < 1.29 is 14.9 Å². The number of nitrogens with zero attached hydrogens (tertiary/aromatic N) is 4. The lowest BCUT2D eigenvalue weighted by Gasteiger charge is -2.18. The number of halogens is 2. The van der Waals surface area contributed by atoms with Crippen molar-refractivity contribution in [3.8, 4) is 0 Å². The Morgan fingerprint density at radius 3 is 2.81 bits per heavy atom. The molecule has 10 heteroatoms. The Bertz CT molecular complexity index is 646. The van der Waals surface area contributed by atoms with E-state index in [-0.39, 0.29) is 36.8 Å². The van der Waals surface area contributed by atoms with Crippen molar-refractivity contribution in [1.29, 1.82) is 0 Å². The Labute approximate surface area is 164 Å². The summed E-state index contributed by atoms with van der Waals surface area (Å²) in [4.78, 5) is 4.07. The van der Waals surface area contributed by atoms with Crippen LogP contribution in [0.5, 0.6) is 0 Å². The lowest BCUT2D eigenvalue weighted by atomic mass is 10.1. The molecule has 1 saturated carbocycles. The van der Waals surface area contributed by atoms with E-state index in [0.29, 0.717) is 26.1 Å². The molecule has 1 fully saturated rings. The van der Waals surface area contributed by atoms with E-state index in [1.165, 1.54) is 0 Å². The Morgan fingerprint density at radius 2 is 2.12 bits per heavy atom. The largest absolute Gasteiger partial charge is 0.390 e. The number of aromatic nitrogens is 4. The van der Waals surface area contributed by atoms with Crippen LogP contribution in [0.3, 0.4) is 0 Å². The van der Waals surface area contributed by atoms with Gasteiger partial charge in [-0.05, 0) is 18.1 Å². The Morgan fingerprint density at radius 1 is 1.31 bits per heavy atom. The van der Waals surface area contributed by atoms with E-state index in [4.69, 9.17) is 4.74 Å². The zero-order valence-corrected chi connectivity index (χ0v) is 16.1. The molecule has 2 aromatic heterocycles. The highest BCUT2D eigenvalue weighted by molar-refractivity contribution is 5.85. The van der Waals surface area contributed by atoms with Gasteiger partial charge in [-0.2, -0.15) is 0 Å². The van der Waals surface area contributed by atoms with Gasteiger partial charge in [0.25, 0.3) is 0 Å². The predicted octanol–water partition coefficient (Wildman–Crippen LogP) is 0.563. The van der Waals surface area contributed by atoms with Crippen LogP contribution >= 0.6 is 24.8 Å². The lowest BCUT2D eigenvalue weighted by molar-refractivity contribution is 0.00721. The van der Waals surface area contributed by atoms with E-state index in [9.17, 15) is 10.2 Å². The minimum atomic E-state index is -0.798. The number of rotatable bonds is 7. The van der Waals surface area contributed by atoms with E-state index in [1.807, 2.05) is 12.1 Å². The van der Waals surface area contributed by atoms with Crippen LogP contribution in [-0.2, 0) is 24.4 Å². The SMILES string of the molecule is COCc1cn(C[C@H]2C[C@@H](NCc3cccnc3)[C@H](O)[C@@H]2O)nn1.Cl.Cl. The van der Waals surface area contributed by atoms with Gasteiger partial charge in [0.15, 0.2) is 0 Å². The van der Waals surface area contributed by atoms with E-state index < -0.39 is 12.2 Å². The molecule has 3 rings (SSSR count). The molecule has 0 saturated heterocycles. The quantitative estimate of drug-likeness (QED) is 0.617. The molecule has 2 heterocycles. The maximum atomic E-state index is 10.3. The highest BCUT2D eigenvalue weighted by Gasteiger charge is 2.41. The molecule has 1 aliphatic rings. The summed E-state index contributed by atoms with van der Waals surface area (Å²) in [6.07, 6.45) is 4.40. The number of nitrogens with one attached hydrogen (secondary N) is 1. The molecule has 3 N–H and O–H groups in total. The Kier molecular flexibility index (Phi) is 9.42. The summed E-state index contributed by atoms with van der Waals surface area (Å²) in [5, 5.41) is 31.9. The molecule has 0 radical (unpaired) electrons. The van der Waals surface area contributed by atoms with E-state index >= 15 is 0 Å². The molecule has 2 aromatic rings. The van der Waals surface area contributed by atoms with Crippen LogP contribution in [0.4, 0.5) is 0 Å². The van der Waals surface area contributed by atoms with E-state index in [2.05, 4.69) is 20.6 Å². The zero-order chi connectivity index (χ0) is 16.9. The van der Waals surface area contributed by atoms with Gasteiger partial charge in [-0.25, -0.2) is 0 Å². The van der Waals surface area contributed by atoms with Crippen molar-refractivity contribution in [2.45, 2.75) is 44.4 Å². The number of pyridine rings is 1. The highest BCUT2D eigenvalue weighted by Crippen LogP contribution is 2.28. The molecule has 4 atom stereocenters. The molecule has 0 bridgehead atoms. The van der Waals surface area contributed by atoms with Crippen LogP contribution in [-0.4, -0.2) is 55.6 Å². The predicted molar refractivity (Wildman–Crippen MR) is 100 cm³/mol. The average molecular weight is 406 g/mol. The third-order valence-electron chi connectivity index (χ3n) is 4.39. The molecule has 0 unspecified atom stereocenters. The summed E-state index contributed by atoms with van der Waals surface area (Å²) >= 11 is 0. The molecule has 0 aliphatic heterocycles. The average Bonchev–Trinajstić information content (AvgIpc) is 3.14. The first kappa shape index (κ1) is 22.8. The monoisotopic (exact) mass is 405 g/mol. The molecular formula is C16H25Cl2N5O3. The number of methoxy groups -OCH3 is 1. The number of aliphatic hydroxyl groups excluding tert-OH is 2. The van der Waals surface area contributed by atoms with Crippen molar-refractivity contribution in [1.82, 2.24) is 25.3 Å². The van der Waals surface area contributed by atoms with Crippen molar-refractivity contribution in [3.05, 3.63) is 42.0 Å². The normalized spacial score (nSPS) is 24.7. The Hall–Kier alpha value is -1.29. The van der Waals surface area contributed by atoms with Gasteiger partial charge in [0.05, 0.1) is 25.0 Å². The highest BCUT2D eigenvalue weighted by atomic mass is 35.5. The maximum absolute atomic E-state index is 10.3. The molecule has 1 aliphatic carbocycles.